The van der Waals surface area contributed by atoms with Crippen molar-refractivity contribution in [2.24, 2.45) is 0 Å². The zero-order chi connectivity index (χ0) is 14.7. The Morgan fingerprint density at radius 3 is 3.05 bits per heavy atom. The van der Waals surface area contributed by atoms with E-state index in [9.17, 15) is 9.18 Å². The summed E-state index contributed by atoms with van der Waals surface area (Å²) < 4.78 is 18.6. The van der Waals surface area contributed by atoms with E-state index in [-0.39, 0.29) is 17.5 Å². The number of hydrogen-bond donors (Lipinski definition) is 0. The lowest BCUT2D eigenvalue weighted by molar-refractivity contribution is 0.0665. The molecule has 0 aliphatic carbocycles. The van der Waals surface area contributed by atoms with Crippen LogP contribution >= 0.6 is 0 Å². The first-order valence-electron chi connectivity index (χ1n) is 6.94. The molecule has 3 rings (SSSR count). The number of nitrogens with zero attached hydrogens (tertiary/aromatic N) is 4. The van der Waals surface area contributed by atoms with Gasteiger partial charge in [0.1, 0.15) is 0 Å². The number of hydrogen-bond acceptors (Lipinski definition) is 5. The summed E-state index contributed by atoms with van der Waals surface area (Å²) in [5.74, 6) is -0.495. The maximum absolute atomic E-state index is 13.8. The minimum absolute atomic E-state index is 0.0281. The Morgan fingerprint density at radius 2 is 2.29 bits per heavy atom. The molecule has 1 aliphatic heterocycles. The molecule has 1 saturated heterocycles. The summed E-state index contributed by atoms with van der Waals surface area (Å²) in [6.07, 6.45) is 7.34. The van der Waals surface area contributed by atoms with Crippen molar-refractivity contribution in [2.75, 3.05) is 6.54 Å². The Morgan fingerprint density at radius 1 is 1.38 bits per heavy atom. The molecule has 6 nitrogen and oxygen atoms in total. The topological polar surface area (TPSA) is 72.1 Å². The molecule has 0 spiro atoms. The standard InChI is InChI=1S/C14H15FN4O2/c15-11-8-16-6-5-10(11)14(20)19-7-3-1-2-4-12(19)13-17-9-21-18-13/h5-6,8-9,12H,1-4,7H2/t12-/m1/s1. The quantitative estimate of drug-likeness (QED) is 0.849. The van der Waals surface area contributed by atoms with Crippen LogP contribution in [0, 0.1) is 5.82 Å². The van der Waals surface area contributed by atoms with Crippen LogP contribution in [0.3, 0.4) is 0 Å². The van der Waals surface area contributed by atoms with Gasteiger partial charge in [-0.3, -0.25) is 9.78 Å². The van der Waals surface area contributed by atoms with Gasteiger partial charge in [-0.15, -0.1) is 0 Å². The Bertz CT molecular complexity index is 617. The Kier molecular flexibility index (Phi) is 3.89. The maximum atomic E-state index is 13.8. The molecule has 0 aromatic carbocycles. The van der Waals surface area contributed by atoms with Gasteiger partial charge in [-0.1, -0.05) is 18.0 Å². The van der Waals surface area contributed by atoms with E-state index >= 15 is 0 Å². The molecule has 1 amide bonds. The number of carbonyl (C=O) groups is 1. The third-order valence-electron chi connectivity index (χ3n) is 3.69. The third kappa shape index (κ3) is 2.76. The summed E-state index contributed by atoms with van der Waals surface area (Å²) in [4.78, 5) is 22.0. The normalized spacial score (nSPS) is 19.3. The van der Waals surface area contributed by atoms with Crippen LogP contribution < -0.4 is 0 Å². The molecular formula is C14H15FN4O2. The summed E-state index contributed by atoms with van der Waals surface area (Å²) in [7, 11) is 0. The van der Waals surface area contributed by atoms with E-state index in [4.69, 9.17) is 4.52 Å². The first kappa shape index (κ1) is 13.7. The fraction of sp³-hybridized carbons (Fsp3) is 0.429. The molecule has 0 radical (unpaired) electrons. The number of likely N-dealkylation sites (tertiary alicyclic amines) is 1. The highest BCUT2D eigenvalue weighted by Gasteiger charge is 2.31. The van der Waals surface area contributed by atoms with E-state index in [1.54, 1.807) is 4.90 Å². The molecule has 7 heteroatoms. The van der Waals surface area contributed by atoms with Gasteiger partial charge < -0.3 is 9.42 Å². The van der Waals surface area contributed by atoms with Crippen LogP contribution in [0.1, 0.15) is 47.9 Å². The molecule has 21 heavy (non-hydrogen) atoms. The zero-order valence-electron chi connectivity index (χ0n) is 11.4. The van der Waals surface area contributed by atoms with Crippen molar-refractivity contribution in [2.45, 2.75) is 31.7 Å². The lowest BCUT2D eigenvalue weighted by Gasteiger charge is -2.27. The van der Waals surface area contributed by atoms with Crippen LogP contribution in [0.2, 0.25) is 0 Å². The molecule has 0 unspecified atom stereocenters. The van der Waals surface area contributed by atoms with Gasteiger partial charge >= 0.3 is 0 Å². The van der Waals surface area contributed by atoms with Crippen LogP contribution in [-0.4, -0.2) is 32.5 Å². The molecule has 1 aliphatic rings. The van der Waals surface area contributed by atoms with E-state index in [1.807, 2.05) is 0 Å². The first-order chi connectivity index (χ1) is 10.3. The summed E-state index contributed by atoms with van der Waals surface area (Å²) in [6.45, 7) is 0.555. The lowest BCUT2D eigenvalue weighted by atomic mass is 10.1. The summed E-state index contributed by atoms with van der Waals surface area (Å²) in [5, 5.41) is 3.84. The number of carbonyl (C=O) groups excluding carboxylic acids is 1. The predicted octanol–water partition coefficient (Wildman–Crippen LogP) is 2.36. The maximum Gasteiger partial charge on any atom is 0.257 e. The molecule has 0 N–H and O–H groups in total. The van der Waals surface area contributed by atoms with E-state index < -0.39 is 5.82 Å². The van der Waals surface area contributed by atoms with Crippen LogP contribution in [0.15, 0.2) is 29.4 Å². The zero-order valence-corrected chi connectivity index (χ0v) is 11.4. The van der Waals surface area contributed by atoms with Crippen LogP contribution in [0.4, 0.5) is 4.39 Å². The van der Waals surface area contributed by atoms with Crippen LogP contribution in [0.25, 0.3) is 0 Å². The lowest BCUT2D eigenvalue weighted by Crippen LogP contribution is -2.35. The van der Waals surface area contributed by atoms with Crippen molar-refractivity contribution in [3.8, 4) is 0 Å². The van der Waals surface area contributed by atoms with Crippen LogP contribution in [-0.2, 0) is 0 Å². The second-order valence-electron chi connectivity index (χ2n) is 5.01. The highest BCUT2D eigenvalue weighted by atomic mass is 19.1. The monoisotopic (exact) mass is 290 g/mol. The van der Waals surface area contributed by atoms with Gasteiger partial charge in [0, 0.05) is 12.7 Å². The van der Waals surface area contributed by atoms with Crippen molar-refractivity contribution in [1.82, 2.24) is 20.0 Å². The summed E-state index contributed by atoms with van der Waals surface area (Å²) in [6, 6.07) is 1.13. The van der Waals surface area contributed by atoms with Gasteiger partial charge in [-0.2, -0.15) is 4.98 Å². The molecule has 0 saturated carbocycles. The smallest absolute Gasteiger partial charge is 0.257 e. The van der Waals surface area contributed by atoms with Gasteiger partial charge in [0.05, 0.1) is 17.8 Å². The second kappa shape index (κ2) is 5.99. The number of amides is 1. The number of aromatic nitrogens is 3. The third-order valence-corrected chi connectivity index (χ3v) is 3.69. The molecule has 1 atom stereocenters. The van der Waals surface area contributed by atoms with Crippen LogP contribution in [0.5, 0.6) is 0 Å². The average molecular weight is 290 g/mol. The Hall–Kier alpha value is -2.31. The molecule has 0 bridgehead atoms. The minimum atomic E-state index is -0.612. The van der Waals surface area contributed by atoms with Crippen molar-refractivity contribution in [3.05, 3.63) is 42.1 Å². The van der Waals surface area contributed by atoms with E-state index in [0.29, 0.717) is 12.4 Å². The highest BCUT2D eigenvalue weighted by Crippen LogP contribution is 2.29. The molecule has 2 aromatic rings. The number of pyridine rings is 1. The SMILES string of the molecule is O=C(c1ccncc1F)N1CCCCC[C@@H]1c1ncon1. The average Bonchev–Trinajstić information content (AvgIpc) is 2.91. The molecule has 2 aromatic heterocycles. The van der Waals surface area contributed by atoms with Gasteiger partial charge in [0.25, 0.3) is 5.91 Å². The fourth-order valence-electron chi connectivity index (χ4n) is 2.65. The van der Waals surface area contributed by atoms with Crippen molar-refractivity contribution >= 4 is 5.91 Å². The molecule has 110 valence electrons. The van der Waals surface area contributed by atoms with E-state index in [1.165, 1.54) is 18.7 Å². The van der Waals surface area contributed by atoms with E-state index in [2.05, 4.69) is 15.1 Å². The highest BCUT2D eigenvalue weighted by molar-refractivity contribution is 5.94. The van der Waals surface area contributed by atoms with E-state index in [0.717, 1.165) is 31.9 Å². The van der Waals surface area contributed by atoms with Crippen molar-refractivity contribution in [3.63, 3.8) is 0 Å². The molecular weight excluding hydrogens is 275 g/mol. The summed E-state index contributed by atoms with van der Waals surface area (Å²) in [5.41, 5.74) is 0.0281. The van der Waals surface area contributed by atoms with Gasteiger partial charge in [0.2, 0.25) is 6.39 Å². The van der Waals surface area contributed by atoms with Gasteiger partial charge in [-0.05, 0) is 18.9 Å². The molecule has 1 fully saturated rings. The second-order valence-corrected chi connectivity index (χ2v) is 5.01. The molecule has 3 heterocycles. The number of halogens is 1. The van der Waals surface area contributed by atoms with Crippen molar-refractivity contribution in [1.29, 1.82) is 0 Å². The first-order valence-corrected chi connectivity index (χ1v) is 6.94. The van der Waals surface area contributed by atoms with Gasteiger partial charge in [-0.25, -0.2) is 4.39 Å². The minimum Gasteiger partial charge on any atom is -0.343 e. The Labute approximate surface area is 121 Å². The Balaban J connectivity index is 1.93. The predicted molar refractivity (Wildman–Crippen MR) is 70.7 cm³/mol. The fourth-order valence-corrected chi connectivity index (χ4v) is 2.65. The summed E-state index contributed by atoms with van der Waals surface area (Å²) >= 11 is 0. The van der Waals surface area contributed by atoms with Gasteiger partial charge in [0.15, 0.2) is 11.6 Å². The number of rotatable bonds is 2. The van der Waals surface area contributed by atoms with Crippen molar-refractivity contribution < 1.29 is 13.7 Å². The largest absolute Gasteiger partial charge is 0.343 e.